The Kier molecular flexibility index (Phi) is 6.10. The third-order valence-corrected chi connectivity index (χ3v) is 6.22. The van der Waals surface area contributed by atoms with E-state index in [1.807, 2.05) is 54.6 Å². The Morgan fingerprint density at radius 3 is 2.34 bits per heavy atom. The lowest BCUT2D eigenvalue weighted by Crippen LogP contribution is -2.22. The summed E-state index contributed by atoms with van der Waals surface area (Å²) in [5.41, 5.74) is 4.11. The first kappa shape index (κ1) is 22.1. The third-order valence-electron chi connectivity index (χ3n) is 5.35. The summed E-state index contributed by atoms with van der Waals surface area (Å²) >= 11 is 1.12. The van der Waals surface area contributed by atoms with E-state index in [1.165, 1.54) is 9.95 Å². The van der Waals surface area contributed by atoms with Crippen molar-refractivity contribution in [3.63, 3.8) is 0 Å². The number of carbonyl (C=O) groups is 2. The fraction of sp³-hybridized carbons (Fsp3) is 0.0400. The average Bonchev–Trinajstić information content (AvgIpc) is 3.56. The minimum atomic E-state index is -1.08. The standard InChI is InChI=1S/C25H18N6O3S/c32-23(18-6-2-1-3-7-18)26-25-31(21(15-35-25)24(33)34)14-16-10-12-17(13-11-16)19-8-4-5-9-20(19)22-27-29-30-28-22/h1-13,15H,14H2,(H,33,34)(H,27,28,29,30). The van der Waals surface area contributed by atoms with Crippen molar-refractivity contribution in [3.05, 3.63) is 106 Å². The molecule has 0 bridgehead atoms. The first-order chi connectivity index (χ1) is 17.1. The van der Waals surface area contributed by atoms with Gasteiger partial charge in [-0.25, -0.2) is 4.79 Å². The molecule has 10 heteroatoms. The van der Waals surface area contributed by atoms with Gasteiger partial charge in [-0.3, -0.25) is 4.79 Å². The second-order valence-electron chi connectivity index (χ2n) is 7.56. The van der Waals surface area contributed by atoms with Crippen molar-refractivity contribution < 1.29 is 14.7 Å². The summed E-state index contributed by atoms with van der Waals surface area (Å²) in [5.74, 6) is -1.01. The Hall–Kier alpha value is -4.70. The van der Waals surface area contributed by atoms with Crippen LogP contribution < -0.4 is 4.80 Å². The van der Waals surface area contributed by atoms with Crippen molar-refractivity contribution in [3.8, 4) is 22.5 Å². The molecule has 35 heavy (non-hydrogen) atoms. The van der Waals surface area contributed by atoms with E-state index in [2.05, 4.69) is 25.6 Å². The molecule has 0 radical (unpaired) electrons. The highest BCUT2D eigenvalue weighted by Gasteiger charge is 2.15. The highest BCUT2D eigenvalue weighted by molar-refractivity contribution is 7.07. The minimum Gasteiger partial charge on any atom is -0.477 e. The third kappa shape index (κ3) is 4.68. The molecule has 3 aromatic carbocycles. The van der Waals surface area contributed by atoms with Gasteiger partial charge >= 0.3 is 5.97 Å². The first-order valence-corrected chi connectivity index (χ1v) is 11.5. The number of carboxylic acid groups (broad SMARTS) is 1. The Bertz CT molecular complexity index is 1560. The van der Waals surface area contributed by atoms with Gasteiger partial charge in [-0.2, -0.15) is 10.2 Å². The number of carboxylic acids is 1. The van der Waals surface area contributed by atoms with Crippen molar-refractivity contribution in [2.45, 2.75) is 6.54 Å². The number of aromatic carboxylic acids is 1. The van der Waals surface area contributed by atoms with Crippen LogP contribution in [0.1, 0.15) is 26.4 Å². The average molecular weight is 483 g/mol. The number of thiazole rings is 1. The van der Waals surface area contributed by atoms with Gasteiger partial charge in [0.1, 0.15) is 5.69 Å². The van der Waals surface area contributed by atoms with E-state index in [0.717, 1.165) is 33.6 Å². The molecule has 5 rings (SSSR count). The molecule has 0 unspecified atom stereocenters. The van der Waals surface area contributed by atoms with Gasteiger partial charge in [0.25, 0.3) is 5.91 Å². The molecule has 1 amide bonds. The highest BCUT2D eigenvalue weighted by atomic mass is 32.1. The number of tetrazole rings is 1. The Morgan fingerprint density at radius 2 is 1.66 bits per heavy atom. The van der Waals surface area contributed by atoms with Crippen molar-refractivity contribution in [1.82, 2.24) is 25.2 Å². The number of hydrogen-bond donors (Lipinski definition) is 2. The molecule has 0 aliphatic carbocycles. The van der Waals surface area contributed by atoms with Gasteiger partial charge in [0, 0.05) is 16.5 Å². The monoisotopic (exact) mass is 482 g/mol. The van der Waals surface area contributed by atoms with Crippen LogP contribution in [0.25, 0.3) is 22.5 Å². The van der Waals surface area contributed by atoms with E-state index >= 15 is 0 Å². The Morgan fingerprint density at radius 1 is 0.943 bits per heavy atom. The number of benzene rings is 3. The van der Waals surface area contributed by atoms with Gasteiger partial charge in [-0.15, -0.1) is 21.5 Å². The molecule has 0 spiro atoms. The van der Waals surface area contributed by atoms with Gasteiger partial charge in [0.2, 0.25) is 5.82 Å². The summed E-state index contributed by atoms with van der Waals surface area (Å²) in [6, 6.07) is 24.2. The first-order valence-electron chi connectivity index (χ1n) is 10.6. The summed E-state index contributed by atoms with van der Waals surface area (Å²) in [5, 5.41) is 25.4. The lowest BCUT2D eigenvalue weighted by Gasteiger charge is -2.10. The van der Waals surface area contributed by atoms with E-state index in [-0.39, 0.29) is 12.2 Å². The molecule has 2 aromatic heterocycles. The Balaban J connectivity index is 1.47. The second kappa shape index (κ2) is 9.65. The van der Waals surface area contributed by atoms with Gasteiger partial charge in [-0.1, -0.05) is 66.7 Å². The summed E-state index contributed by atoms with van der Waals surface area (Å²) < 4.78 is 1.54. The fourth-order valence-electron chi connectivity index (χ4n) is 3.65. The zero-order chi connectivity index (χ0) is 24.2. The predicted molar refractivity (Wildman–Crippen MR) is 130 cm³/mol. The van der Waals surface area contributed by atoms with E-state index in [0.29, 0.717) is 16.2 Å². The van der Waals surface area contributed by atoms with Crippen molar-refractivity contribution in [1.29, 1.82) is 0 Å². The number of rotatable bonds is 6. The molecule has 5 aromatic rings. The SMILES string of the molecule is O=C(N=c1scc(C(=O)O)n1Cc1ccc(-c2ccccc2-c2nn[nH]n2)cc1)c1ccccc1. The molecule has 0 fully saturated rings. The van der Waals surface area contributed by atoms with Gasteiger partial charge in [0.05, 0.1) is 6.54 Å². The van der Waals surface area contributed by atoms with Crippen LogP contribution in [0.15, 0.2) is 89.2 Å². The van der Waals surface area contributed by atoms with Gasteiger partial charge in [0.15, 0.2) is 4.80 Å². The normalized spacial score (nSPS) is 11.5. The van der Waals surface area contributed by atoms with Crippen LogP contribution in [0.4, 0.5) is 0 Å². The molecule has 2 heterocycles. The van der Waals surface area contributed by atoms with Gasteiger partial charge in [-0.05, 0) is 34.0 Å². The maximum absolute atomic E-state index is 12.6. The quantitative estimate of drug-likeness (QED) is 0.378. The maximum Gasteiger partial charge on any atom is 0.353 e. The molecule has 172 valence electrons. The molecule has 0 aliphatic rings. The number of aromatic amines is 1. The topological polar surface area (TPSA) is 126 Å². The minimum absolute atomic E-state index is 0.0705. The Labute approximate surface area is 203 Å². The molecule has 2 N–H and O–H groups in total. The number of nitrogens with one attached hydrogen (secondary N) is 1. The molecule has 0 saturated carbocycles. The summed E-state index contributed by atoms with van der Waals surface area (Å²) in [6.07, 6.45) is 0. The molecular formula is C25H18N6O3S. The fourth-order valence-corrected chi connectivity index (χ4v) is 4.53. The molecule has 0 aliphatic heterocycles. The summed E-state index contributed by atoms with van der Waals surface area (Å²) in [4.78, 5) is 28.9. The lowest BCUT2D eigenvalue weighted by atomic mass is 9.98. The van der Waals surface area contributed by atoms with Crippen molar-refractivity contribution in [2.24, 2.45) is 4.99 Å². The van der Waals surface area contributed by atoms with E-state index < -0.39 is 11.9 Å². The molecule has 0 atom stereocenters. The molecule has 0 saturated heterocycles. The van der Waals surface area contributed by atoms with Crippen LogP contribution in [0.2, 0.25) is 0 Å². The number of amides is 1. The van der Waals surface area contributed by atoms with Crippen LogP contribution in [-0.4, -0.2) is 42.2 Å². The maximum atomic E-state index is 12.6. The predicted octanol–water partition coefficient (Wildman–Crippen LogP) is 3.88. The van der Waals surface area contributed by atoms with Crippen LogP contribution >= 0.6 is 11.3 Å². The number of hydrogen-bond acceptors (Lipinski definition) is 6. The number of aromatic nitrogens is 5. The zero-order valence-corrected chi connectivity index (χ0v) is 19.0. The largest absolute Gasteiger partial charge is 0.477 e. The van der Waals surface area contributed by atoms with Crippen LogP contribution in [0, 0.1) is 0 Å². The smallest absolute Gasteiger partial charge is 0.353 e. The van der Waals surface area contributed by atoms with E-state index in [4.69, 9.17) is 0 Å². The second-order valence-corrected chi connectivity index (χ2v) is 8.39. The number of carbonyl (C=O) groups excluding carboxylic acids is 1. The van der Waals surface area contributed by atoms with E-state index in [1.54, 1.807) is 24.3 Å². The molecule has 9 nitrogen and oxygen atoms in total. The van der Waals surface area contributed by atoms with Gasteiger partial charge < -0.3 is 9.67 Å². The molecular weight excluding hydrogens is 464 g/mol. The van der Waals surface area contributed by atoms with Crippen LogP contribution in [-0.2, 0) is 6.54 Å². The highest BCUT2D eigenvalue weighted by Crippen LogP contribution is 2.29. The van der Waals surface area contributed by atoms with E-state index in [9.17, 15) is 14.7 Å². The van der Waals surface area contributed by atoms with Crippen LogP contribution in [0.3, 0.4) is 0 Å². The number of H-pyrrole nitrogens is 1. The summed E-state index contributed by atoms with van der Waals surface area (Å²) in [6.45, 7) is 0.249. The van der Waals surface area contributed by atoms with Crippen molar-refractivity contribution in [2.75, 3.05) is 0 Å². The summed E-state index contributed by atoms with van der Waals surface area (Å²) in [7, 11) is 0. The lowest BCUT2D eigenvalue weighted by molar-refractivity contribution is 0.0684. The van der Waals surface area contributed by atoms with Crippen molar-refractivity contribution >= 4 is 23.2 Å². The van der Waals surface area contributed by atoms with Crippen LogP contribution in [0.5, 0.6) is 0 Å². The zero-order valence-electron chi connectivity index (χ0n) is 18.2. The number of nitrogens with zero attached hydrogens (tertiary/aromatic N) is 5.